The molecule has 0 aromatic heterocycles. The van der Waals surface area contributed by atoms with E-state index >= 15 is 0 Å². The second kappa shape index (κ2) is 6.30. The predicted molar refractivity (Wildman–Crippen MR) is 91.0 cm³/mol. The maximum absolute atomic E-state index is 14.3. The minimum atomic E-state index is -0.547. The van der Waals surface area contributed by atoms with Crippen LogP contribution in [0.5, 0.6) is 11.5 Å². The summed E-state index contributed by atoms with van der Waals surface area (Å²) >= 11 is 14.0. The van der Waals surface area contributed by atoms with Crippen LogP contribution in [0.25, 0.3) is 0 Å². The molecule has 0 heterocycles. The fourth-order valence-corrected chi connectivity index (χ4v) is 3.14. The molecule has 110 valence electrons. The van der Waals surface area contributed by atoms with E-state index in [9.17, 15) is 4.39 Å². The lowest BCUT2D eigenvalue weighted by Crippen LogP contribution is -2.11. The molecule has 21 heavy (non-hydrogen) atoms. The first kappa shape index (κ1) is 16.2. The fourth-order valence-electron chi connectivity index (χ4n) is 1.97. The highest BCUT2D eigenvalue weighted by molar-refractivity contribution is 9.10. The Morgan fingerprint density at radius 3 is 2.38 bits per heavy atom. The second-order valence-corrected chi connectivity index (χ2v) is 6.24. The van der Waals surface area contributed by atoms with E-state index in [0.29, 0.717) is 16.3 Å². The van der Waals surface area contributed by atoms with Crippen LogP contribution in [0.2, 0.25) is 5.02 Å². The lowest BCUT2D eigenvalue weighted by atomic mass is 10.1. The van der Waals surface area contributed by atoms with Crippen molar-refractivity contribution >= 4 is 44.7 Å². The van der Waals surface area contributed by atoms with Crippen molar-refractivity contribution in [1.82, 2.24) is 0 Å². The quantitative estimate of drug-likeness (QED) is 0.726. The number of ether oxygens (including phenoxy) is 1. The Balaban J connectivity index is 2.46. The van der Waals surface area contributed by atoms with Gasteiger partial charge >= 0.3 is 0 Å². The summed E-state index contributed by atoms with van der Waals surface area (Å²) in [6, 6.07) is 6.65. The van der Waals surface area contributed by atoms with Crippen molar-refractivity contribution in [1.29, 1.82) is 0 Å². The monoisotopic (exact) mass is 387 g/mol. The van der Waals surface area contributed by atoms with Gasteiger partial charge < -0.3 is 10.5 Å². The summed E-state index contributed by atoms with van der Waals surface area (Å²) in [6.07, 6.45) is 0. The van der Waals surface area contributed by atoms with Gasteiger partial charge in [-0.05, 0) is 65.2 Å². The molecule has 0 atom stereocenters. The van der Waals surface area contributed by atoms with E-state index in [1.165, 1.54) is 6.07 Å². The van der Waals surface area contributed by atoms with E-state index in [0.717, 1.165) is 11.1 Å². The van der Waals surface area contributed by atoms with Gasteiger partial charge in [-0.15, -0.1) is 0 Å². The molecule has 2 rings (SSSR count). The van der Waals surface area contributed by atoms with Gasteiger partial charge in [0.25, 0.3) is 0 Å². The van der Waals surface area contributed by atoms with Crippen molar-refractivity contribution in [2.75, 3.05) is 0 Å². The minimum Gasteiger partial charge on any atom is -0.454 e. The molecule has 0 radical (unpaired) electrons. The van der Waals surface area contributed by atoms with Gasteiger partial charge in [-0.25, -0.2) is 4.39 Å². The molecule has 0 unspecified atom stereocenters. The number of hydrogen-bond donors (Lipinski definition) is 1. The predicted octanol–water partition coefficient (Wildman–Crippen LogP) is 5.28. The molecule has 2 aromatic rings. The third kappa shape index (κ3) is 3.36. The number of aryl methyl sites for hydroxylation is 2. The molecule has 0 aliphatic rings. The maximum Gasteiger partial charge on any atom is 0.180 e. The summed E-state index contributed by atoms with van der Waals surface area (Å²) < 4.78 is 20.2. The fraction of sp³-hybridized carbons (Fsp3) is 0.133. The highest BCUT2D eigenvalue weighted by atomic mass is 79.9. The van der Waals surface area contributed by atoms with Gasteiger partial charge in [0.05, 0.1) is 4.47 Å². The highest BCUT2D eigenvalue weighted by Gasteiger charge is 2.16. The molecule has 0 aliphatic heterocycles. The molecule has 0 amide bonds. The van der Waals surface area contributed by atoms with E-state index < -0.39 is 5.82 Å². The van der Waals surface area contributed by atoms with Crippen molar-refractivity contribution in [3.63, 3.8) is 0 Å². The average Bonchev–Trinajstić information content (AvgIpc) is 2.38. The number of thiocarbonyl (C=S) groups is 1. The minimum absolute atomic E-state index is 0.0930. The zero-order valence-corrected chi connectivity index (χ0v) is 14.5. The van der Waals surface area contributed by atoms with Gasteiger partial charge in [-0.2, -0.15) is 0 Å². The Bertz CT molecular complexity index is 713. The first-order chi connectivity index (χ1) is 9.81. The number of rotatable bonds is 3. The largest absolute Gasteiger partial charge is 0.454 e. The maximum atomic E-state index is 14.3. The topological polar surface area (TPSA) is 35.2 Å². The zero-order chi connectivity index (χ0) is 15.7. The van der Waals surface area contributed by atoms with Crippen LogP contribution in [0.15, 0.2) is 28.7 Å². The van der Waals surface area contributed by atoms with Crippen molar-refractivity contribution < 1.29 is 9.13 Å². The lowest BCUT2D eigenvalue weighted by Gasteiger charge is -2.14. The molecule has 0 fully saturated rings. The Labute approximate surface area is 141 Å². The summed E-state index contributed by atoms with van der Waals surface area (Å²) in [6.45, 7) is 3.70. The van der Waals surface area contributed by atoms with Crippen LogP contribution in [-0.4, -0.2) is 4.99 Å². The van der Waals surface area contributed by atoms with E-state index in [4.69, 9.17) is 34.3 Å². The van der Waals surface area contributed by atoms with Crippen LogP contribution in [0.3, 0.4) is 0 Å². The first-order valence-electron chi connectivity index (χ1n) is 6.03. The van der Waals surface area contributed by atoms with Crippen LogP contribution < -0.4 is 10.5 Å². The van der Waals surface area contributed by atoms with E-state index in [-0.39, 0.29) is 15.2 Å². The SMILES string of the molecule is Cc1cc(Cl)cc(C)c1Oc1ccc(C(N)=S)c(Br)c1F. The molecule has 2 N–H and O–H groups in total. The Morgan fingerprint density at radius 1 is 1.29 bits per heavy atom. The normalized spacial score (nSPS) is 10.5. The van der Waals surface area contributed by atoms with Gasteiger partial charge in [0.15, 0.2) is 11.6 Å². The van der Waals surface area contributed by atoms with Crippen molar-refractivity contribution in [3.8, 4) is 11.5 Å². The molecule has 2 nitrogen and oxygen atoms in total. The second-order valence-electron chi connectivity index (χ2n) is 4.57. The molecule has 0 aliphatic carbocycles. The van der Waals surface area contributed by atoms with Crippen molar-refractivity contribution in [3.05, 3.63) is 56.3 Å². The summed E-state index contributed by atoms with van der Waals surface area (Å²) in [5.74, 6) is 0.123. The zero-order valence-electron chi connectivity index (χ0n) is 11.3. The molecule has 0 saturated heterocycles. The van der Waals surface area contributed by atoms with Crippen LogP contribution in [0, 0.1) is 19.7 Å². The summed E-state index contributed by atoms with van der Waals surface area (Å²) in [5.41, 5.74) is 7.62. The number of hydrogen-bond acceptors (Lipinski definition) is 2. The van der Waals surface area contributed by atoms with E-state index in [1.54, 1.807) is 18.2 Å². The van der Waals surface area contributed by atoms with Crippen LogP contribution in [-0.2, 0) is 0 Å². The highest BCUT2D eigenvalue weighted by Crippen LogP contribution is 2.35. The van der Waals surface area contributed by atoms with Gasteiger partial charge in [0.1, 0.15) is 10.7 Å². The van der Waals surface area contributed by atoms with Gasteiger partial charge in [-0.3, -0.25) is 0 Å². The number of benzene rings is 2. The molecule has 2 aromatic carbocycles. The van der Waals surface area contributed by atoms with Gasteiger partial charge in [0.2, 0.25) is 0 Å². The summed E-state index contributed by atoms with van der Waals surface area (Å²) in [4.78, 5) is 0.117. The Kier molecular flexibility index (Phi) is 4.86. The van der Waals surface area contributed by atoms with Gasteiger partial charge in [-0.1, -0.05) is 23.8 Å². The molecule has 6 heteroatoms. The van der Waals surface area contributed by atoms with E-state index in [2.05, 4.69) is 15.9 Å². The third-order valence-corrected chi connectivity index (χ3v) is 4.16. The molecule has 0 spiro atoms. The van der Waals surface area contributed by atoms with Crippen LogP contribution in [0.1, 0.15) is 16.7 Å². The lowest BCUT2D eigenvalue weighted by molar-refractivity contribution is 0.435. The van der Waals surface area contributed by atoms with Crippen molar-refractivity contribution in [2.45, 2.75) is 13.8 Å². The molecular formula is C15H12BrClFNOS. The van der Waals surface area contributed by atoms with E-state index in [1.807, 2.05) is 13.8 Å². The standard InChI is InChI=1S/C15H12BrClFNOS/c1-7-5-9(17)6-8(2)14(7)20-11-4-3-10(15(19)21)12(16)13(11)18/h3-6H,1-2H3,(H2,19,21). The summed E-state index contributed by atoms with van der Waals surface area (Å²) in [7, 11) is 0. The molecular weight excluding hydrogens is 377 g/mol. The van der Waals surface area contributed by atoms with Crippen molar-refractivity contribution in [2.24, 2.45) is 5.73 Å². The summed E-state index contributed by atoms with van der Waals surface area (Å²) in [5, 5.41) is 0.614. The number of halogens is 3. The Morgan fingerprint density at radius 2 is 1.86 bits per heavy atom. The smallest absolute Gasteiger partial charge is 0.180 e. The van der Waals surface area contributed by atoms with Gasteiger partial charge in [0, 0.05) is 10.6 Å². The third-order valence-electron chi connectivity index (χ3n) is 2.95. The molecule has 0 bridgehead atoms. The first-order valence-corrected chi connectivity index (χ1v) is 7.61. The Hall–Kier alpha value is -1.17. The van der Waals surface area contributed by atoms with Crippen LogP contribution >= 0.6 is 39.7 Å². The average molecular weight is 389 g/mol. The van der Waals surface area contributed by atoms with Crippen LogP contribution in [0.4, 0.5) is 4.39 Å². The molecule has 0 saturated carbocycles. The number of nitrogens with two attached hydrogens (primary N) is 1.